The quantitative estimate of drug-likeness (QED) is 0.723. The predicted molar refractivity (Wildman–Crippen MR) is 84.1 cm³/mol. The van der Waals surface area contributed by atoms with Gasteiger partial charge in [-0.3, -0.25) is 4.79 Å². The van der Waals surface area contributed by atoms with E-state index in [1.54, 1.807) is 0 Å². The van der Waals surface area contributed by atoms with Crippen LogP contribution in [-0.4, -0.2) is 28.2 Å². The summed E-state index contributed by atoms with van der Waals surface area (Å²) in [5.74, 6) is 1.56. The molecular formula is C19H28O3. The average Bonchev–Trinajstić information content (AvgIpc) is 2.75. The molecule has 3 fully saturated rings. The molecule has 4 aliphatic rings. The highest BCUT2D eigenvalue weighted by Gasteiger charge is 2.61. The Hall–Kier alpha value is -0.670. The smallest absolute Gasteiger partial charge is 0.155 e. The number of rotatable bonds is 0. The second kappa shape index (κ2) is 4.67. The number of carbonyl (C=O) groups is 1. The zero-order valence-corrected chi connectivity index (χ0v) is 13.7. The van der Waals surface area contributed by atoms with Crippen molar-refractivity contribution in [3.63, 3.8) is 0 Å². The molecule has 7 atom stereocenters. The summed E-state index contributed by atoms with van der Waals surface area (Å²) >= 11 is 0. The van der Waals surface area contributed by atoms with Crippen LogP contribution < -0.4 is 0 Å². The molecule has 0 aromatic heterocycles. The number of allylic oxidation sites excluding steroid dienone is 1. The fraction of sp³-hybridized carbons (Fsp3) is 0.842. The predicted octanol–water partition coefficient (Wildman–Crippen LogP) is 2.85. The molecule has 0 spiro atoms. The van der Waals surface area contributed by atoms with Gasteiger partial charge in [-0.05, 0) is 73.2 Å². The molecule has 4 aliphatic carbocycles. The molecular weight excluding hydrogens is 276 g/mol. The van der Waals surface area contributed by atoms with Crippen molar-refractivity contribution >= 4 is 5.78 Å². The van der Waals surface area contributed by atoms with Crippen LogP contribution in [0.25, 0.3) is 0 Å². The lowest BCUT2D eigenvalue weighted by Gasteiger charge is -2.59. The molecule has 3 saturated carbocycles. The van der Waals surface area contributed by atoms with E-state index in [4.69, 9.17) is 0 Å². The zero-order valence-electron chi connectivity index (χ0n) is 13.7. The van der Waals surface area contributed by atoms with E-state index in [0.717, 1.165) is 38.5 Å². The van der Waals surface area contributed by atoms with Crippen molar-refractivity contribution in [2.24, 2.45) is 28.6 Å². The number of hydrogen-bond acceptors (Lipinski definition) is 3. The van der Waals surface area contributed by atoms with Crippen molar-refractivity contribution in [3.05, 3.63) is 11.6 Å². The highest BCUT2D eigenvalue weighted by molar-refractivity contribution is 5.91. The molecule has 3 heteroatoms. The maximum atomic E-state index is 11.8. The second-order valence-electron chi connectivity index (χ2n) is 8.76. The van der Waals surface area contributed by atoms with Crippen LogP contribution >= 0.6 is 0 Å². The van der Waals surface area contributed by atoms with Crippen LogP contribution in [0.15, 0.2) is 11.6 Å². The summed E-state index contributed by atoms with van der Waals surface area (Å²) in [5, 5.41) is 21.4. The molecule has 0 unspecified atom stereocenters. The lowest BCUT2D eigenvalue weighted by molar-refractivity contribution is -0.142. The van der Waals surface area contributed by atoms with Crippen LogP contribution in [0.3, 0.4) is 0 Å². The highest BCUT2D eigenvalue weighted by atomic mass is 16.3. The molecule has 3 nitrogen and oxygen atoms in total. The Bertz CT molecular complexity index is 539. The molecule has 4 rings (SSSR count). The number of aliphatic hydroxyl groups excluding tert-OH is 2. The number of carbonyl (C=O) groups excluding carboxylic acids is 1. The maximum absolute atomic E-state index is 11.8. The van der Waals surface area contributed by atoms with Crippen LogP contribution in [0.1, 0.15) is 58.8 Å². The lowest BCUT2D eigenvalue weighted by atomic mass is 9.46. The Kier molecular flexibility index (Phi) is 3.16. The molecule has 0 aliphatic heterocycles. The van der Waals surface area contributed by atoms with Gasteiger partial charge in [-0.15, -0.1) is 0 Å². The van der Waals surface area contributed by atoms with Gasteiger partial charge in [-0.2, -0.15) is 0 Å². The van der Waals surface area contributed by atoms with Gasteiger partial charge in [0.2, 0.25) is 0 Å². The Labute approximate surface area is 132 Å². The molecule has 0 aromatic rings. The van der Waals surface area contributed by atoms with Gasteiger partial charge in [0.25, 0.3) is 0 Å². The Balaban J connectivity index is 1.74. The van der Waals surface area contributed by atoms with Crippen molar-refractivity contribution in [3.8, 4) is 0 Å². The molecule has 0 radical (unpaired) electrons. The minimum absolute atomic E-state index is 0.00881. The van der Waals surface area contributed by atoms with E-state index < -0.39 is 0 Å². The Morgan fingerprint density at radius 3 is 2.68 bits per heavy atom. The summed E-state index contributed by atoms with van der Waals surface area (Å²) in [6.45, 7) is 4.46. The van der Waals surface area contributed by atoms with Crippen molar-refractivity contribution in [1.29, 1.82) is 0 Å². The summed E-state index contributed by atoms with van der Waals surface area (Å²) in [5.41, 5.74) is 1.17. The first-order valence-corrected chi connectivity index (χ1v) is 8.96. The van der Waals surface area contributed by atoms with Gasteiger partial charge in [0.15, 0.2) is 5.78 Å². The normalized spacial score (nSPS) is 54.3. The third-order valence-electron chi connectivity index (χ3n) is 7.84. The molecule has 0 heterocycles. The van der Waals surface area contributed by atoms with Gasteiger partial charge in [0.05, 0.1) is 12.2 Å². The Morgan fingerprint density at radius 2 is 1.91 bits per heavy atom. The molecule has 0 amide bonds. The van der Waals surface area contributed by atoms with Crippen LogP contribution in [-0.2, 0) is 4.79 Å². The van der Waals surface area contributed by atoms with Crippen molar-refractivity contribution < 1.29 is 15.0 Å². The van der Waals surface area contributed by atoms with Gasteiger partial charge in [0.1, 0.15) is 0 Å². The average molecular weight is 304 g/mol. The van der Waals surface area contributed by atoms with Gasteiger partial charge in [-0.1, -0.05) is 19.4 Å². The van der Waals surface area contributed by atoms with E-state index in [1.807, 2.05) is 6.08 Å². The van der Waals surface area contributed by atoms with Crippen LogP contribution in [0, 0.1) is 28.6 Å². The summed E-state index contributed by atoms with van der Waals surface area (Å²) < 4.78 is 0. The molecule has 2 N–H and O–H groups in total. The summed E-state index contributed by atoms with van der Waals surface area (Å²) in [6.07, 6.45) is 7.56. The van der Waals surface area contributed by atoms with Gasteiger partial charge < -0.3 is 10.2 Å². The topological polar surface area (TPSA) is 57.5 Å². The Morgan fingerprint density at radius 1 is 1.14 bits per heavy atom. The van der Waals surface area contributed by atoms with E-state index >= 15 is 0 Å². The summed E-state index contributed by atoms with van der Waals surface area (Å²) in [6, 6.07) is 0. The van der Waals surface area contributed by atoms with Crippen molar-refractivity contribution in [1.82, 2.24) is 0 Å². The molecule has 22 heavy (non-hydrogen) atoms. The zero-order chi connectivity index (χ0) is 15.7. The maximum Gasteiger partial charge on any atom is 0.155 e. The molecule has 0 aromatic carbocycles. The molecule has 0 bridgehead atoms. The van der Waals surface area contributed by atoms with Gasteiger partial charge in [0, 0.05) is 6.42 Å². The molecule has 122 valence electrons. The first kappa shape index (κ1) is 14.9. The first-order valence-electron chi connectivity index (χ1n) is 8.96. The second-order valence-corrected chi connectivity index (χ2v) is 8.76. The van der Waals surface area contributed by atoms with Crippen molar-refractivity contribution in [2.75, 3.05) is 0 Å². The van der Waals surface area contributed by atoms with E-state index in [0.29, 0.717) is 18.3 Å². The number of aliphatic hydroxyl groups is 2. The minimum Gasteiger partial charge on any atom is -0.393 e. The SMILES string of the molecule is C[C@]12C[C@@H](O)[C@H]3[C@@H](CCC4=CC(=O)CC[C@@]43C)[C@H]1CC[C@H]2O. The summed E-state index contributed by atoms with van der Waals surface area (Å²) in [7, 11) is 0. The van der Waals surface area contributed by atoms with E-state index in [-0.39, 0.29) is 34.7 Å². The minimum atomic E-state index is -0.346. The van der Waals surface area contributed by atoms with E-state index in [1.165, 1.54) is 5.57 Å². The first-order chi connectivity index (χ1) is 10.4. The van der Waals surface area contributed by atoms with Gasteiger partial charge in [-0.25, -0.2) is 0 Å². The summed E-state index contributed by atoms with van der Waals surface area (Å²) in [4.78, 5) is 11.8. The van der Waals surface area contributed by atoms with E-state index in [9.17, 15) is 15.0 Å². The lowest BCUT2D eigenvalue weighted by Crippen LogP contribution is -2.57. The van der Waals surface area contributed by atoms with Crippen LogP contribution in [0.2, 0.25) is 0 Å². The van der Waals surface area contributed by atoms with Crippen molar-refractivity contribution in [2.45, 2.75) is 71.0 Å². The molecule has 0 saturated heterocycles. The monoisotopic (exact) mass is 304 g/mol. The van der Waals surface area contributed by atoms with Gasteiger partial charge >= 0.3 is 0 Å². The number of ketones is 1. The fourth-order valence-corrected chi connectivity index (χ4v) is 6.66. The number of fused-ring (bicyclic) bond motifs is 5. The third kappa shape index (κ3) is 1.78. The van der Waals surface area contributed by atoms with Crippen LogP contribution in [0.5, 0.6) is 0 Å². The van der Waals surface area contributed by atoms with Crippen LogP contribution in [0.4, 0.5) is 0 Å². The standard InChI is InChI=1S/C19H28O3/c1-18-8-7-12(20)9-11(18)3-4-13-14-5-6-16(22)19(14,2)10-15(21)17(13)18/h9,13-17,21-22H,3-8,10H2,1-2H3/t13-,14+,15+,16+,17+,18-,19-/m0/s1. The third-order valence-corrected chi connectivity index (χ3v) is 7.84. The highest BCUT2D eigenvalue weighted by Crippen LogP contribution is 2.65. The van der Waals surface area contributed by atoms with E-state index in [2.05, 4.69) is 13.8 Å². The fourth-order valence-electron chi connectivity index (χ4n) is 6.66. The number of hydrogen-bond donors (Lipinski definition) is 2. The largest absolute Gasteiger partial charge is 0.393 e.